The third kappa shape index (κ3) is 10.4. The Hall–Kier alpha value is -7.12. The molecule has 6 atom stereocenters. The first-order chi connectivity index (χ1) is 34.7. The number of ether oxygens (including phenoxy) is 3. The molecule has 2 N–H and O–H groups in total. The third-order valence-electron chi connectivity index (χ3n) is 14.3. The van der Waals surface area contributed by atoms with E-state index in [1.807, 2.05) is 72.5 Å². The van der Waals surface area contributed by atoms with Gasteiger partial charge in [0.25, 0.3) is 5.69 Å². The normalized spacial score (nSPS) is 21.8. The Morgan fingerprint density at radius 3 is 2.35 bits per heavy atom. The molecule has 0 saturated heterocycles. The minimum atomic E-state index is -1.50. The number of aliphatic hydroxyl groups excluding tert-OH is 2. The number of fused-ring (bicyclic) bond motifs is 4. The fourth-order valence-electron chi connectivity index (χ4n) is 11.1. The van der Waals surface area contributed by atoms with Crippen molar-refractivity contribution in [1.29, 1.82) is 0 Å². The Balaban J connectivity index is 1.24. The lowest BCUT2D eigenvalue weighted by molar-refractivity contribution is -0.384. The molecule has 0 aromatic heterocycles. The minimum absolute atomic E-state index is 0.00983. The van der Waals surface area contributed by atoms with E-state index in [1.54, 1.807) is 24.3 Å². The molecule has 1 aliphatic heterocycles. The van der Waals surface area contributed by atoms with E-state index in [0.717, 1.165) is 63.9 Å². The van der Waals surface area contributed by atoms with Gasteiger partial charge >= 0.3 is 0 Å². The van der Waals surface area contributed by atoms with E-state index in [2.05, 4.69) is 55.1 Å². The molecule has 0 bridgehead atoms. The lowest BCUT2D eigenvalue weighted by Crippen LogP contribution is -2.70. The lowest BCUT2D eigenvalue weighted by atomic mass is 9.55. The zero-order valence-electron chi connectivity index (χ0n) is 40.1. The third-order valence-corrected chi connectivity index (χ3v) is 14.3. The van der Waals surface area contributed by atoms with Gasteiger partial charge in [-0.15, -0.1) is 6.58 Å². The van der Waals surface area contributed by atoms with E-state index in [4.69, 9.17) is 24.2 Å². The summed E-state index contributed by atoms with van der Waals surface area (Å²) in [6.07, 6.45) is 11.9. The number of unbranched alkanes of at least 4 members (excludes halogenated alkanes) is 2. The van der Waals surface area contributed by atoms with E-state index in [9.17, 15) is 20.3 Å². The van der Waals surface area contributed by atoms with Crippen LogP contribution >= 0.6 is 0 Å². The van der Waals surface area contributed by atoms with E-state index in [-0.39, 0.29) is 62.1 Å². The number of allylic oxidation sites excluding steroid dienone is 1. The Kier molecular flexibility index (Phi) is 15.4. The van der Waals surface area contributed by atoms with E-state index in [0.29, 0.717) is 48.0 Å². The number of nitro benzene ring substituents is 1. The molecule has 2 aliphatic carbocycles. The maximum absolute atomic E-state index is 15.4. The number of non-ortho nitro benzene ring substituents is 1. The van der Waals surface area contributed by atoms with Gasteiger partial charge in [0.2, 0.25) is 11.7 Å². The highest BCUT2D eigenvalue weighted by Gasteiger charge is 2.65. The van der Waals surface area contributed by atoms with Crippen LogP contribution in [0, 0.1) is 27.9 Å². The van der Waals surface area contributed by atoms with Crippen LogP contribution in [-0.4, -0.2) is 69.9 Å². The number of hydrogen-bond acceptors (Lipinski definition) is 10. The molecule has 12 heteroatoms. The topological polar surface area (TPSA) is 153 Å². The van der Waals surface area contributed by atoms with Gasteiger partial charge in [0.1, 0.15) is 29.9 Å². The van der Waals surface area contributed by atoms with Crippen LogP contribution in [0.2, 0.25) is 0 Å². The minimum Gasteiger partial charge on any atom is -0.459 e. The van der Waals surface area contributed by atoms with E-state index in [1.165, 1.54) is 18.2 Å². The van der Waals surface area contributed by atoms with E-state index < -0.39 is 22.7 Å². The number of amides is 1. The van der Waals surface area contributed by atoms with Crippen LogP contribution in [0.3, 0.4) is 0 Å². The number of aliphatic hydroxyl groups is 2. The summed E-state index contributed by atoms with van der Waals surface area (Å²) in [5.74, 6) is -0.615. The first-order valence-electron chi connectivity index (χ1n) is 24.8. The van der Waals surface area contributed by atoms with Crippen molar-refractivity contribution in [3.8, 4) is 17.2 Å². The second-order valence-corrected chi connectivity index (χ2v) is 18.6. The Morgan fingerprint density at radius 1 is 0.873 bits per heavy atom. The molecule has 1 fully saturated rings. The molecule has 1 amide bonds. The molecule has 71 heavy (non-hydrogen) atoms. The SMILES string of the molecule is C=CCO[C@@]12Oc3ccc(Oc4ccc5ccccc5c4)cc3[C@H]3[C@H](CCCCO)[C@@H](CCCCO)C=C(C(=NOCC)C[C@@H]1N(Cc1cccc4ccccc14)C(=O)C=Cc1ccc([N+](=O)[O-])cc1)[C@H]32. The second kappa shape index (κ2) is 22.3. The summed E-state index contributed by atoms with van der Waals surface area (Å²) in [7, 11) is 0. The van der Waals surface area contributed by atoms with Crippen molar-refractivity contribution in [2.45, 2.75) is 76.2 Å². The Bertz CT molecular complexity index is 2960. The first-order valence-corrected chi connectivity index (χ1v) is 24.8. The summed E-state index contributed by atoms with van der Waals surface area (Å²) >= 11 is 0. The van der Waals surface area contributed by atoms with Gasteiger partial charge < -0.3 is 34.2 Å². The molecular formula is C59H61N3O9. The molecule has 0 unspecified atom stereocenters. The van der Waals surface area contributed by atoms with Crippen molar-refractivity contribution < 1.29 is 39.0 Å². The number of nitro groups is 1. The van der Waals surface area contributed by atoms with Crippen LogP contribution in [0.25, 0.3) is 27.6 Å². The van der Waals surface area contributed by atoms with Crippen LogP contribution in [0.15, 0.2) is 163 Å². The van der Waals surface area contributed by atoms with Crippen molar-refractivity contribution in [3.63, 3.8) is 0 Å². The van der Waals surface area contributed by atoms with Crippen LogP contribution in [0.1, 0.15) is 74.5 Å². The number of carbonyl (C=O) groups is 1. The number of carbonyl (C=O) groups excluding carboxylic acids is 1. The van der Waals surface area contributed by atoms with Crippen molar-refractivity contribution in [3.05, 3.63) is 185 Å². The second-order valence-electron chi connectivity index (χ2n) is 18.6. The molecular weight excluding hydrogens is 895 g/mol. The molecule has 1 saturated carbocycles. The largest absolute Gasteiger partial charge is 0.459 e. The average Bonchev–Trinajstić information content (AvgIpc) is 3.39. The fourth-order valence-corrected chi connectivity index (χ4v) is 11.1. The highest BCUT2D eigenvalue weighted by atomic mass is 16.7. The molecule has 3 aliphatic rings. The van der Waals surface area contributed by atoms with Crippen LogP contribution < -0.4 is 9.47 Å². The van der Waals surface area contributed by atoms with Gasteiger partial charge in [0.05, 0.1) is 23.2 Å². The van der Waals surface area contributed by atoms with Crippen LogP contribution in [-0.2, 0) is 20.9 Å². The zero-order valence-corrected chi connectivity index (χ0v) is 40.1. The summed E-state index contributed by atoms with van der Waals surface area (Å²) in [5.41, 5.74) is 4.06. The predicted octanol–water partition coefficient (Wildman–Crippen LogP) is 12.1. The maximum Gasteiger partial charge on any atom is 0.269 e. The Labute approximate surface area is 414 Å². The summed E-state index contributed by atoms with van der Waals surface area (Å²) in [5, 5.41) is 40.7. The molecule has 6 aromatic carbocycles. The summed E-state index contributed by atoms with van der Waals surface area (Å²) in [6.45, 7) is 6.75. The lowest BCUT2D eigenvalue weighted by Gasteiger charge is -2.60. The molecule has 9 rings (SSSR count). The standard InChI is InChI=1S/C59H61N3O9/c1-3-34-68-59-55(61(39-45-19-13-18-42-15-7-8-20-49(42)45)56(65)31-24-40-22-26-46(27-23-40)62(66)67)38-53(60-69-4-2)51-36-44(17-9-11-32-63)50(21-10-12-33-64)57(58(51)59)52-37-48(29-30-54(52)71-59)70-47-28-25-41-14-5-6-16-43(41)35-47/h3,5-8,13-16,18-20,22-31,35-37,44,50,55,57-58,63-64H,1,4,9-12,17,21,32-34,38-39H2,2H3/t44-,50+,55-,57+,58+,59+/m0/s1. The maximum atomic E-state index is 15.4. The number of oxime groups is 1. The van der Waals surface area contributed by atoms with Gasteiger partial charge in [0, 0.05) is 55.9 Å². The first kappa shape index (κ1) is 48.9. The summed E-state index contributed by atoms with van der Waals surface area (Å²) in [6, 6.07) is 39.7. The quantitative estimate of drug-likeness (QED) is 0.0236. The molecule has 6 aromatic rings. The monoisotopic (exact) mass is 955 g/mol. The number of nitrogens with zero attached hydrogens (tertiary/aromatic N) is 3. The number of hydrogen-bond donors (Lipinski definition) is 2. The smallest absolute Gasteiger partial charge is 0.269 e. The number of rotatable bonds is 21. The Morgan fingerprint density at radius 2 is 1.59 bits per heavy atom. The number of benzene rings is 6. The van der Waals surface area contributed by atoms with Crippen molar-refractivity contribution in [2.75, 3.05) is 26.4 Å². The molecule has 0 radical (unpaired) electrons. The van der Waals surface area contributed by atoms with Gasteiger partial charge in [-0.2, -0.15) is 0 Å². The van der Waals surface area contributed by atoms with Gasteiger partial charge in [-0.3, -0.25) is 14.9 Å². The van der Waals surface area contributed by atoms with Crippen molar-refractivity contribution in [2.24, 2.45) is 22.9 Å². The summed E-state index contributed by atoms with van der Waals surface area (Å²) < 4.78 is 21.5. The highest BCUT2D eigenvalue weighted by molar-refractivity contribution is 6.03. The van der Waals surface area contributed by atoms with Gasteiger partial charge in [-0.1, -0.05) is 103 Å². The van der Waals surface area contributed by atoms with Gasteiger partial charge in [-0.25, -0.2) is 0 Å². The van der Waals surface area contributed by atoms with Gasteiger partial charge in [-0.05, 0) is 131 Å². The molecule has 1 heterocycles. The average molecular weight is 956 g/mol. The zero-order chi connectivity index (χ0) is 49.3. The summed E-state index contributed by atoms with van der Waals surface area (Å²) in [4.78, 5) is 34.3. The highest BCUT2D eigenvalue weighted by Crippen LogP contribution is 2.62. The molecule has 12 nitrogen and oxygen atoms in total. The van der Waals surface area contributed by atoms with Crippen molar-refractivity contribution >= 4 is 44.9 Å². The molecule has 0 spiro atoms. The van der Waals surface area contributed by atoms with Crippen molar-refractivity contribution in [1.82, 2.24) is 4.90 Å². The van der Waals surface area contributed by atoms with Gasteiger partial charge in [0.15, 0.2) is 0 Å². The van der Waals surface area contributed by atoms with Crippen LogP contribution in [0.5, 0.6) is 17.2 Å². The molecule has 366 valence electrons. The van der Waals surface area contributed by atoms with E-state index >= 15 is 4.79 Å². The predicted molar refractivity (Wildman–Crippen MR) is 277 cm³/mol. The van der Waals surface area contributed by atoms with Crippen LogP contribution in [0.4, 0.5) is 5.69 Å². The fraction of sp³-hybridized carbons (Fsp3) is 0.322.